The first-order valence-electron chi connectivity index (χ1n) is 4.35. The molecule has 0 spiro atoms. The van der Waals surface area contributed by atoms with E-state index in [1.54, 1.807) is 0 Å². The molecule has 0 bridgehead atoms. The Bertz CT molecular complexity index is 519. The normalized spacial score (nSPS) is 10.1. The van der Waals surface area contributed by atoms with Crippen molar-refractivity contribution in [3.8, 4) is 11.6 Å². The van der Waals surface area contributed by atoms with Gasteiger partial charge in [0.05, 0.1) is 0 Å². The predicted molar refractivity (Wildman–Crippen MR) is 52.9 cm³/mol. The predicted octanol–water partition coefficient (Wildman–Crippen LogP) is 2.13. The molecule has 2 N–H and O–H groups in total. The second-order valence-corrected chi connectivity index (χ2v) is 2.96. The summed E-state index contributed by atoms with van der Waals surface area (Å²) in [7, 11) is 0. The van der Waals surface area contributed by atoms with Crippen LogP contribution in [-0.2, 0) is 0 Å². The monoisotopic (exact) mass is 223 g/mol. The molecule has 4 nitrogen and oxygen atoms in total. The number of hydrogen-bond acceptors (Lipinski definition) is 4. The van der Waals surface area contributed by atoms with Gasteiger partial charge in [-0.15, -0.1) is 0 Å². The zero-order valence-corrected chi connectivity index (χ0v) is 8.02. The third kappa shape index (κ3) is 2.22. The summed E-state index contributed by atoms with van der Waals surface area (Å²) in [5, 5.41) is 0. The molecule has 0 saturated heterocycles. The van der Waals surface area contributed by atoms with Gasteiger partial charge in [0.2, 0.25) is 5.88 Å². The van der Waals surface area contributed by atoms with Crippen molar-refractivity contribution in [1.29, 1.82) is 0 Å². The van der Waals surface area contributed by atoms with E-state index in [2.05, 4.69) is 9.97 Å². The molecule has 2 aromatic rings. The van der Waals surface area contributed by atoms with E-state index in [1.165, 1.54) is 18.5 Å². The highest BCUT2D eigenvalue weighted by molar-refractivity contribution is 5.34. The van der Waals surface area contributed by atoms with Crippen molar-refractivity contribution in [1.82, 2.24) is 9.97 Å². The standard InChI is InChI=1S/C10H7F2N3O/c11-6-1-2-8(7(12)3-6)16-10-4-9(13)14-5-15-10/h1-5H,(H2,13,14,15). The Balaban J connectivity index is 2.27. The fourth-order valence-corrected chi connectivity index (χ4v) is 1.08. The number of nitrogen functional groups attached to an aromatic ring is 1. The van der Waals surface area contributed by atoms with E-state index in [9.17, 15) is 8.78 Å². The van der Waals surface area contributed by atoms with Crippen LogP contribution in [0.15, 0.2) is 30.6 Å². The lowest BCUT2D eigenvalue weighted by Gasteiger charge is -2.05. The number of ether oxygens (including phenoxy) is 1. The first-order chi connectivity index (χ1) is 7.65. The molecule has 0 unspecified atom stereocenters. The van der Waals surface area contributed by atoms with E-state index >= 15 is 0 Å². The van der Waals surface area contributed by atoms with E-state index in [0.717, 1.165) is 12.1 Å². The highest BCUT2D eigenvalue weighted by Crippen LogP contribution is 2.23. The van der Waals surface area contributed by atoms with Crippen molar-refractivity contribution in [2.24, 2.45) is 0 Å². The van der Waals surface area contributed by atoms with Gasteiger partial charge in [0.15, 0.2) is 11.6 Å². The van der Waals surface area contributed by atoms with Gasteiger partial charge in [0.25, 0.3) is 0 Å². The van der Waals surface area contributed by atoms with Gasteiger partial charge in [-0.3, -0.25) is 0 Å². The average Bonchev–Trinajstić information content (AvgIpc) is 2.22. The first-order valence-corrected chi connectivity index (χ1v) is 4.35. The van der Waals surface area contributed by atoms with E-state index < -0.39 is 11.6 Å². The summed E-state index contributed by atoms with van der Waals surface area (Å²) in [4.78, 5) is 7.38. The van der Waals surface area contributed by atoms with Gasteiger partial charge in [-0.25, -0.2) is 18.7 Å². The second kappa shape index (κ2) is 4.09. The lowest BCUT2D eigenvalue weighted by molar-refractivity contribution is 0.423. The SMILES string of the molecule is Nc1cc(Oc2ccc(F)cc2F)ncn1. The van der Waals surface area contributed by atoms with Gasteiger partial charge >= 0.3 is 0 Å². The molecule has 1 aromatic heterocycles. The molecular formula is C10H7F2N3O. The molecule has 0 aliphatic carbocycles. The van der Waals surface area contributed by atoms with Crippen molar-refractivity contribution < 1.29 is 13.5 Å². The Hall–Kier alpha value is -2.24. The molecule has 82 valence electrons. The summed E-state index contributed by atoms with van der Waals surface area (Å²) in [6.45, 7) is 0. The molecule has 0 radical (unpaired) electrons. The number of nitrogens with zero attached hydrogens (tertiary/aromatic N) is 2. The van der Waals surface area contributed by atoms with Crippen LogP contribution in [0.5, 0.6) is 11.6 Å². The molecule has 1 heterocycles. The van der Waals surface area contributed by atoms with Crippen molar-refractivity contribution in [3.05, 3.63) is 42.2 Å². The van der Waals surface area contributed by atoms with E-state index in [0.29, 0.717) is 0 Å². The van der Waals surface area contributed by atoms with Crippen LogP contribution in [0.25, 0.3) is 0 Å². The summed E-state index contributed by atoms with van der Waals surface area (Å²) < 4.78 is 30.9. The van der Waals surface area contributed by atoms with Gasteiger partial charge in [-0.2, -0.15) is 0 Å². The molecule has 0 aliphatic heterocycles. The van der Waals surface area contributed by atoms with Crippen molar-refractivity contribution >= 4 is 5.82 Å². The lowest BCUT2D eigenvalue weighted by Crippen LogP contribution is -1.95. The van der Waals surface area contributed by atoms with Crippen molar-refractivity contribution in [2.75, 3.05) is 5.73 Å². The molecule has 0 amide bonds. The Morgan fingerprint density at radius 3 is 2.62 bits per heavy atom. The van der Waals surface area contributed by atoms with Crippen LogP contribution < -0.4 is 10.5 Å². The third-order valence-corrected chi connectivity index (χ3v) is 1.77. The Morgan fingerprint density at radius 1 is 1.12 bits per heavy atom. The van der Waals surface area contributed by atoms with Crippen LogP contribution in [0, 0.1) is 11.6 Å². The summed E-state index contributed by atoms with van der Waals surface area (Å²) in [5.41, 5.74) is 5.39. The maximum absolute atomic E-state index is 13.2. The van der Waals surface area contributed by atoms with Gasteiger partial charge in [-0.1, -0.05) is 0 Å². The molecule has 2 rings (SSSR count). The first kappa shape index (κ1) is 10.3. The molecule has 0 fully saturated rings. The van der Waals surface area contributed by atoms with Crippen molar-refractivity contribution in [3.63, 3.8) is 0 Å². The minimum absolute atomic E-state index is 0.0954. The smallest absolute Gasteiger partial charge is 0.224 e. The van der Waals surface area contributed by atoms with E-state index in [4.69, 9.17) is 10.5 Å². The molecule has 16 heavy (non-hydrogen) atoms. The summed E-state index contributed by atoms with van der Waals surface area (Å²) in [5.74, 6) is -1.31. The summed E-state index contributed by atoms with van der Waals surface area (Å²) >= 11 is 0. The van der Waals surface area contributed by atoms with Gasteiger partial charge in [-0.05, 0) is 12.1 Å². The van der Waals surface area contributed by atoms with E-state index in [1.807, 2.05) is 0 Å². The van der Waals surface area contributed by atoms with Crippen LogP contribution in [-0.4, -0.2) is 9.97 Å². The fraction of sp³-hybridized carbons (Fsp3) is 0. The number of halogens is 2. The number of aromatic nitrogens is 2. The number of hydrogen-bond donors (Lipinski definition) is 1. The summed E-state index contributed by atoms with van der Waals surface area (Å²) in [6, 6.07) is 4.31. The Morgan fingerprint density at radius 2 is 1.94 bits per heavy atom. The van der Waals surface area contributed by atoms with Crippen LogP contribution >= 0.6 is 0 Å². The highest BCUT2D eigenvalue weighted by atomic mass is 19.1. The van der Waals surface area contributed by atoms with Crippen LogP contribution in [0.3, 0.4) is 0 Å². The van der Waals surface area contributed by atoms with Crippen molar-refractivity contribution in [2.45, 2.75) is 0 Å². The maximum Gasteiger partial charge on any atom is 0.224 e. The molecule has 0 aliphatic rings. The third-order valence-electron chi connectivity index (χ3n) is 1.77. The van der Waals surface area contributed by atoms with Gasteiger partial charge < -0.3 is 10.5 Å². The number of benzene rings is 1. The Labute approximate surface area is 89.7 Å². The minimum Gasteiger partial charge on any atom is -0.436 e. The Kier molecular flexibility index (Phi) is 2.63. The lowest BCUT2D eigenvalue weighted by atomic mass is 10.3. The molecule has 0 atom stereocenters. The number of nitrogens with two attached hydrogens (primary N) is 1. The van der Waals surface area contributed by atoms with Crippen LogP contribution in [0.1, 0.15) is 0 Å². The number of anilines is 1. The number of rotatable bonds is 2. The average molecular weight is 223 g/mol. The fourth-order valence-electron chi connectivity index (χ4n) is 1.08. The maximum atomic E-state index is 13.2. The van der Waals surface area contributed by atoms with Crippen LogP contribution in [0.4, 0.5) is 14.6 Å². The molecule has 0 saturated carbocycles. The quantitative estimate of drug-likeness (QED) is 0.847. The zero-order valence-electron chi connectivity index (χ0n) is 8.02. The largest absolute Gasteiger partial charge is 0.436 e. The highest BCUT2D eigenvalue weighted by Gasteiger charge is 2.07. The molecular weight excluding hydrogens is 216 g/mol. The van der Waals surface area contributed by atoms with Gasteiger partial charge in [0.1, 0.15) is 18.0 Å². The molecule has 6 heteroatoms. The van der Waals surface area contributed by atoms with Gasteiger partial charge in [0, 0.05) is 12.1 Å². The topological polar surface area (TPSA) is 61.0 Å². The second-order valence-electron chi connectivity index (χ2n) is 2.96. The minimum atomic E-state index is -0.808. The van der Waals surface area contributed by atoms with E-state index in [-0.39, 0.29) is 17.4 Å². The summed E-state index contributed by atoms with van der Waals surface area (Å²) in [6.07, 6.45) is 1.19. The molecule has 1 aromatic carbocycles. The zero-order chi connectivity index (χ0) is 11.5. The van der Waals surface area contributed by atoms with Crippen LogP contribution in [0.2, 0.25) is 0 Å².